The van der Waals surface area contributed by atoms with Crippen molar-refractivity contribution in [2.24, 2.45) is 7.05 Å². The largest absolute Gasteiger partial charge is 0.491 e. The second-order valence-electron chi connectivity index (χ2n) is 8.57. The Labute approximate surface area is 201 Å². The molecular weight excluding hydrogens is 442 g/mol. The lowest BCUT2D eigenvalue weighted by atomic mass is 10.0. The van der Waals surface area contributed by atoms with Crippen LogP contribution in [-0.4, -0.2) is 38.9 Å². The van der Waals surface area contributed by atoms with Crippen LogP contribution in [0.25, 0.3) is 33.1 Å². The quantitative estimate of drug-likeness (QED) is 0.377. The first-order chi connectivity index (χ1) is 17.1. The fraction of sp³-hybridized carbons (Fsp3) is 0.148. The Kier molecular flexibility index (Phi) is 4.99. The summed E-state index contributed by atoms with van der Waals surface area (Å²) in [5, 5.41) is 12.5. The highest BCUT2D eigenvalue weighted by molar-refractivity contribution is 5.92. The molecule has 8 nitrogen and oxygen atoms in total. The highest BCUT2D eigenvalue weighted by Gasteiger charge is 2.19. The zero-order valence-corrected chi connectivity index (χ0v) is 19.1. The van der Waals surface area contributed by atoms with Crippen LogP contribution in [0.15, 0.2) is 72.9 Å². The normalized spacial score (nSPS) is 13.3. The first-order valence-corrected chi connectivity index (χ1v) is 11.4. The number of para-hydroxylation sites is 1. The first kappa shape index (κ1) is 21.0. The van der Waals surface area contributed by atoms with Gasteiger partial charge in [-0.1, -0.05) is 30.3 Å². The van der Waals surface area contributed by atoms with Gasteiger partial charge in [0, 0.05) is 36.4 Å². The average molecular weight is 466 g/mol. The minimum Gasteiger partial charge on any atom is -0.491 e. The molecule has 1 aliphatic heterocycles. The molecular formula is C27H23N5O3. The van der Waals surface area contributed by atoms with Gasteiger partial charge in [-0.3, -0.25) is 10.3 Å². The van der Waals surface area contributed by atoms with E-state index >= 15 is 0 Å². The minimum atomic E-state index is -1.14. The van der Waals surface area contributed by atoms with E-state index < -0.39 is 6.09 Å². The molecule has 0 unspecified atom stereocenters. The number of rotatable bonds is 3. The fourth-order valence-electron chi connectivity index (χ4n) is 4.71. The Bertz CT molecular complexity index is 1590. The molecule has 0 saturated heterocycles. The molecule has 6 rings (SSSR count). The number of benzene rings is 3. The summed E-state index contributed by atoms with van der Waals surface area (Å²) < 4.78 is 7.84. The molecule has 0 spiro atoms. The number of amides is 1. The van der Waals surface area contributed by atoms with Crippen LogP contribution in [0.5, 0.6) is 5.75 Å². The number of nitrogens with zero attached hydrogens (tertiary/aromatic N) is 4. The van der Waals surface area contributed by atoms with Crippen LogP contribution in [-0.2, 0) is 13.6 Å². The number of carbonyl (C=O) groups is 1. The minimum absolute atomic E-state index is 0.292. The molecule has 1 aliphatic rings. The van der Waals surface area contributed by atoms with Gasteiger partial charge < -0.3 is 19.3 Å². The van der Waals surface area contributed by atoms with Gasteiger partial charge in [0.25, 0.3) is 0 Å². The zero-order chi connectivity index (χ0) is 23.9. The summed E-state index contributed by atoms with van der Waals surface area (Å²) in [5.41, 5.74) is 6.90. The predicted molar refractivity (Wildman–Crippen MR) is 136 cm³/mol. The number of hydrogen-bond acceptors (Lipinski definition) is 5. The molecule has 3 heterocycles. The lowest BCUT2D eigenvalue weighted by Crippen LogP contribution is -2.25. The summed E-state index contributed by atoms with van der Waals surface area (Å²) in [6, 6.07) is 22.5. The number of aromatic nitrogens is 3. The van der Waals surface area contributed by atoms with E-state index in [9.17, 15) is 4.79 Å². The molecule has 2 N–H and O–H groups in total. The molecule has 0 radical (unpaired) electrons. The summed E-state index contributed by atoms with van der Waals surface area (Å²) in [5.74, 6) is 1.18. The molecule has 0 saturated carbocycles. The molecule has 0 atom stereocenters. The Balaban J connectivity index is 1.37. The summed E-state index contributed by atoms with van der Waals surface area (Å²) >= 11 is 0. The van der Waals surface area contributed by atoms with Crippen molar-refractivity contribution in [1.82, 2.24) is 14.5 Å². The van der Waals surface area contributed by atoms with Crippen molar-refractivity contribution in [2.45, 2.75) is 6.54 Å². The molecule has 0 bridgehead atoms. The number of aryl methyl sites for hydroxylation is 1. The first-order valence-electron chi connectivity index (χ1n) is 11.4. The maximum atomic E-state index is 11.1. The van der Waals surface area contributed by atoms with Gasteiger partial charge >= 0.3 is 6.09 Å². The lowest BCUT2D eigenvalue weighted by Gasteiger charge is -2.23. The lowest BCUT2D eigenvalue weighted by molar-refractivity contribution is 0.209. The van der Waals surface area contributed by atoms with E-state index in [2.05, 4.69) is 44.5 Å². The molecule has 35 heavy (non-hydrogen) atoms. The third kappa shape index (κ3) is 3.78. The van der Waals surface area contributed by atoms with Gasteiger partial charge in [0.15, 0.2) is 0 Å². The SMILES string of the molecule is Cn1c(NC(=O)O)nc2ccc(-c3ccc4c(c3)CN(c3ccnc5ccccc35)CCO4)cc21. The maximum absolute atomic E-state index is 11.1. The van der Waals surface area contributed by atoms with E-state index in [0.717, 1.165) is 63.2 Å². The van der Waals surface area contributed by atoms with E-state index in [1.54, 1.807) is 11.6 Å². The standard InChI is InChI=1S/C27H23N5O3/c1-31-24-15-18(6-8-22(24)29-26(31)30-27(33)34)17-7-9-25-19(14-17)16-32(12-13-35-25)23-10-11-28-21-5-3-2-4-20(21)23/h2-11,14-15H,12-13,16H2,1H3,(H,29,30)(H,33,34). The van der Waals surface area contributed by atoms with Gasteiger partial charge in [0.1, 0.15) is 12.4 Å². The number of hydrogen-bond donors (Lipinski definition) is 2. The topological polar surface area (TPSA) is 92.5 Å². The van der Waals surface area contributed by atoms with E-state index in [1.807, 2.05) is 48.7 Å². The number of anilines is 2. The average Bonchev–Trinajstić information content (AvgIpc) is 3.03. The van der Waals surface area contributed by atoms with Crippen molar-refractivity contribution in [3.8, 4) is 16.9 Å². The molecule has 174 valence electrons. The highest BCUT2D eigenvalue weighted by Crippen LogP contribution is 2.34. The number of nitrogens with one attached hydrogen (secondary N) is 1. The fourth-order valence-corrected chi connectivity index (χ4v) is 4.71. The smallest absolute Gasteiger partial charge is 0.411 e. The zero-order valence-electron chi connectivity index (χ0n) is 19.1. The van der Waals surface area contributed by atoms with Gasteiger partial charge in [-0.15, -0.1) is 0 Å². The van der Waals surface area contributed by atoms with Crippen molar-refractivity contribution in [2.75, 3.05) is 23.4 Å². The third-order valence-electron chi connectivity index (χ3n) is 6.44. The van der Waals surface area contributed by atoms with Crippen molar-refractivity contribution in [1.29, 1.82) is 0 Å². The van der Waals surface area contributed by atoms with Crippen LogP contribution in [0.1, 0.15) is 5.56 Å². The second kappa shape index (κ2) is 8.32. The van der Waals surface area contributed by atoms with Gasteiger partial charge in [-0.05, 0) is 47.5 Å². The van der Waals surface area contributed by atoms with Crippen LogP contribution in [0.2, 0.25) is 0 Å². The Morgan fingerprint density at radius 3 is 2.74 bits per heavy atom. The van der Waals surface area contributed by atoms with E-state index in [1.165, 1.54) is 0 Å². The second-order valence-corrected chi connectivity index (χ2v) is 8.57. The summed E-state index contributed by atoms with van der Waals surface area (Å²) in [6.07, 6.45) is 0.720. The van der Waals surface area contributed by atoms with Gasteiger partial charge in [0.05, 0.1) is 23.1 Å². The predicted octanol–water partition coefficient (Wildman–Crippen LogP) is 5.28. The summed E-state index contributed by atoms with van der Waals surface area (Å²) in [4.78, 5) is 22.3. The van der Waals surface area contributed by atoms with Crippen molar-refractivity contribution in [3.63, 3.8) is 0 Å². The van der Waals surface area contributed by atoms with E-state index in [0.29, 0.717) is 12.6 Å². The monoisotopic (exact) mass is 465 g/mol. The van der Waals surface area contributed by atoms with Gasteiger partial charge in [-0.2, -0.15) is 0 Å². The van der Waals surface area contributed by atoms with Gasteiger partial charge in [-0.25, -0.2) is 9.78 Å². The van der Waals surface area contributed by atoms with Crippen molar-refractivity contribution >= 4 is 39.7 Å². The molecule has 0 aliphatic carbocycles. The number of imidazole rings is 1. The molecule has 3 aromatic carbocycles. The highest BCUT2D eigenvalue weighted by atomic mass is 16.5. The van der Waals surface area contributed by atoms with Crippen molar-refractivity contribution < 1.29 is 14.6 Å². The number of carboxylic acid groups (broad SMARTS) is 1. The van der Waals surface area contributed by atoms with Crippen LogP contribution >= 0.6 is 0 Å². The van der Waals surface area contributed by atoms with Crippen molar-refractivity contribution in [3.05, 3.63) is 78.5 Å². The summed E-state index contributed by atoms with van der Waals surface area (Å²) in [6.45, 7) is 2.10. The Morgan fingerprint density at radius 1 is 1.03 bits per heavy atom. The number of ether oxygens (including phenoxy) is 1. The Hall–Kier alpha value is -4.59. The molecule has 1 amide bonds. The molecule has 8 heteroatoms. The molecule has 5 aromatic rings. The molecule has 0 fully saturated rings. The van der Waals surface area contributed by atoms with Gasteiger partial charge in [0.2, 0.25) is 5.95 Å². The maximum Gasteiger partial charge on any atom is 0.411 e. The van der Waals surface area contributed by atoms with Crippen LogP contribution in [0.3, 0.4) is 0 Å². The van der Waals surface area contributed by atoms with Crippen LogP contribution < -0.4 is 15.0 Å². The number of fused-ring (bicyclic) bond motifs is 3. The number of pyridine rings is 1. The third-order valence-corrected chi connectivity index (χ3v) is 6.44. The van der Waals surface area contributed by atoms with E-state index in [4.69, 9.17) is 9.84 Å². The van der Waals surface area contributed by atoms with Crippen LogP contribution in [0.4, 0.5) is 16.4 Å². The Morgan fingerprint density at radius 2 is 1.86 bits per heavy atom. The summed E-state index contributed by atoms with van der Waals surface area (Å²) in [7, 11) is 1.80. The molecule has 2 aromatic heterocycles. The van der Waals surface area contributed by atoms with E-state index in [-0.39, 0.29) is 0 Å². The van der Waals surface area contributed by atoms with Crippen LogP contribution in [0, 0.1) is 0 Å².